The number of hydrogen-bond donors (Lipinski definition) is 2. The highest BCUT2D eigenvalue weighted by molar-refractivity contribution is 6.13. The van der Waals surface area contributed by atoms with Crippen LogP contribution in [0.5, 0.6) is 0 Å². The van der Waals surface area contributed by atoms with Gasteiger partial charge in [0.2, 0.25) is 0 Å². The molecule has 0 aliphatic heterocycles. The lowest BCUT2D eigenvalue weighted by atomic mass is 9.97. The third kappa shape index (κ3) is 2.61. The summed E-state index contributed by atoms with van der Waals surface area (Å²) < 4.78 is 0. The molecule has 0 saturated carbocycles. The summed E-state index contributed by atoms with van der Waals surface area (Å²) in [6.07, 6.45) is 1.62. The molecule has 0 unspecified atom stereocenters. The van der Waals surface area contributed by atoms with Crippen molar-refractivity contribution in [1.82, 2.24) is 5.43 Å². The van der Waals surface area contributed by atoms with Crippen LogP contribution in [0.4, 0.5) is 0 Å². The number of hydrogen-bond acceptors (Lipinski definition) is 3. The summed E-state index contributed by atoms with van der Waals surface area (Å²) in [6.45, 7) is -0.576. The molecule has 0 aromatic heterocycles. The van der Waals surface area contributed by atoms with E-state index < -0.39 is 12.5 Å². The topological polar surface area (TPSA) is 61.7 Å². The van der Waals surface area contributed by atoms with Gasteiger partial charge in [-0.05, 0) is 27.6 Å². The molecule has 3 aromatic rings. The van der Waals surface area contributed by atoms with Crippen LogP contribution >= 0.6 is 0 Å². The molecule has 0 aliphatic rings. The minimum atomic E-state index is -0.576. The van der Waals surface area contributed by atoms with E-state index in [1.54, 1.807) is 6.21 Å². The zero-order valence-electron chi connectivity index (χ0n) is 11.3. The van der Waals surface area contributed by atoms with Gasteiger partial charge in [0, 0.05) is 5.56 Å². The summed E-state index contributed by atoms with van der Waals surface area (Å²) in [5, 5.41) is 17.0. The van der Waals surface area contributed by atoms with E-state index in [9.17, 15) is 4.79 Å². The molecular formula is C17H14N2O2. The van der Waals surface area contributed by atoms with Crippen molar-refractivity contribution in [2.24, 2.45) is 5.10 Å². The van der Waals surface area contributed by atoms with E-state index in [4.69, 9.17) is 5.11 Å². The number of amides is 1. The highest BCUT2D eigenvalue weighted by Crippen LogP contribution is 2.27. The van der Waals surface area contributed by atoms with Crippen LogP contribution in [0, 0.1) is 0 Å². The molecule has 1 amide bonds. The molecule has 104 valence electrons. The molecule has 4 heteroatoms. The number of nitrogens with zero attached hydrogens (tertiary/aromatic N) is 1. The third-order valence-corrected chi connectivity index (χ3v) is 3.34. The molecular weight excluding hydrogens is 264 g/mol. The van der Waals surface area contributed by atoms with Crippen LogP contribution in [0.2, 0.25) is 0 Å². The molecule has 0 fully saturated rings. The largest absolute Gasteiger partial charge is 0.386 e. The number of fused-ring (bicyclic) bond motifs is 2. The number of carbonyl (C=O) groups is 1. The average molecular weight is 278 g/mol. The minimum Gasteiger partial charge on any atom is -0.386 e. The second-order valence-corrected chi connectivity index (χ2v) is 4.68. The van der Waals surface area contributed by atoms with Crippen molar-refractivity contribution in [1.29, 1.82) is 0 Å². The molecule has 0 saturated heterocycles. The quantitative estimate of drug-likeness (QED) is 0.439. The fraction of sp³-hybridized carbons (Fsp3) is 0.0588. The van der Waals surface area contributed by atoms with Crippen molar-refractivity contribution >= 4 is 33.7 Å². The number of rotatable bonds is 3. The molecule has 4 nitrogen and oxygen atoms in total. The molecule has 0 bridgehead atoms. The standard InChI is InChI=1S/C17H14N2O2/c20-11-17(21)19-18-10-16-14-7-3-1-5-12(14)9-13-6-2-4-8-15(13)16/h1-10,20H,11H2,(H,19,21)/b18-10-. The summed E-state index contributed by atoms with van der Waals surface area (Å²) in [4.78, 5) is 11.1. The lowest BCUT2D eigenvalue weighted by molar-refractivity contribution is -0.123. The number of carbonyl (C=O) groups excluding carboxylic acids is 1. The van der Waals surface area contributed by atoms with Crippen LogP contribution in [-0.4, -0.2) is 23.8 Å². The zero-order valence-corrected chi connectivity index (χ0v) is 11.3. The number of nitrogens with one attached hydrogen (secondary N) is 1. The van der Waals surface area contributed by atoms with E-state index in [-0.39, 0.29) is 0 Å². The van der Waals surface area contributed by atoms with Crippen LogP contribution < -0.4 is 5.43 Å². The lowest BCUT2D eigenvalue weighted by Crippen LogP contribution is -2.20. The maximum Gasteiger partial charge on any atom is 0.265 e. The Hall–Kier alpha value is -2.72. The predicted molar refractivity (Wildman–Crippen MR) is 84.3 cm³/mol. The van der Waals surface area contributed by atoms with Gasteiger partial charge in [0.15, 0.2) is 0 Å². The summed E-state index contributed by atoms with van der Waals surface area (Å²) in [5.41, 5.74) is 3.24. The molecule has 3 rings (SSSR count). The molecule has 21 heavy (non-hydrogen) atoms. The summed E-state index contributed by atoms with van der Waals surface area (Å²) in [7, 11) is 0. The van der Waals surface area contributed by atoms with Gasteiger partial charge in [-0.1, -0.05) is 48.5 Å². The van der Waals surface area contributed by atoms with Gasteiger partial charge in [0.1, 0.15) is 6.61 Å². The number of benzene rings is 3. The van der Waals surface area contributed by atoms with Crippen LogP contribution in [0.15, 0.2) is 59.7 Å². The Morgan fingerprint density at radius 1 is 1.05 bits per heavy atom. The monoisotopic (exact) mass is 278 g/mol. The molecule has 0 radical (unpaired) electrons. The van der Waals surface area contributed by atoms with E-state index in [1.165, 1.54) is 0 Å². The highest BCUT2D eigenvalue weighted by atomic mass is 16.3. The van der Waals surface area contributed by atoms with E-state index >= 15 is 0 Å². The summed E-state index contributed by atoms with van der Waals surface area (Å²) in [6, 6.07) is 18.2. The van der Waals surface area contributed by atoms with Crippen LogP contribution in [-0.2, 0) is 4.79 Å². The van der Waals surface area contributed by atoms with E-state index in [1.807, 2.05) is 48.5 Å². The van der Waals surface area contributed by atoms with Crippen molar-refractivity contribution in [3.63, 3.8) is 0 Å². The Morgan fingerprint density at radius 2 is 1.62 bits per heavy atom. The van der Waals surface area contributed by atoms with Crippen LogP contribution in [0.1, 0.15) is 5.56 Å². The van der Waals surface area contributed by atoms with Gasteiger partial charge < -0.3 is 5.11 Å². The molecule has 0 atom stereocenters. The van der Waals surface area contributed by atoms with E-state index in [0.717, 1.165) is 27.1 Å². The van der Waals surface area contributed by atoms with Crippen molar-refractivity contribution in [2.75, 3.05) is 6.61 Å². The Morgan fingerprint density at radius 3 is 2.19 bits per heavy atom. The van der Waals surface area contributed by atoms with Gasteiger partial charge in [-0.2, -0.15) is 5.10 Å². The fourth-order valence-electron chi connectivity index (χ4n) is 2.39. The zero-order chi connectivity index (χ0) is 14.7. The number of hydrazone groups is 1. The smallest absolute Gasteiger partial charge is 0.265 e. The van der Waals surface area contributed by atoms with Gasteiger partial charge in [0.05, 0.1) is 6.21 Å². The third-order valence-electron chi connectivity index (χ3n) is 3.34. The predicted octanol–water partition coefficient (Wildman–Crippen LogP) is 2.44. The van der Waals surface area contributed by atoms with E-state index in [0.29, 0.717) is 0 Å². The van der Waals surface area contributed by atoms with Gasteiger partial charge >= 0.3 is 0 Å². The molecule has 2 N–H and O–H groups in total. The number of aliphatic hydroxyl groups excluding tert-OH is 1. The van der Waals surface area contributed by atoms with Crippen molar-refractivity contribution in [3.05, 3.63) is 60.2 Å². The second-order valence-electron chi connectivity index (χ2n) is 4.68. The minimum absolute atomic E-state index is 0.532. The molecule has 0 heterocycles. The first kappa shape index (κ1) is 13.3. The van der Waals surface area contributed by atoms with Gasteiger partial charge in [-0.15, -0.1) is 0 Å². The maximum absolute atomic E-state index is 11.1. The second kappa shape index (κ2) is 5.73. The van der Waals surface area contributed by atoms with Crippen molar-refractivity contribution in [2.45, 2.75) is 0 Å². The number of aliphatic hydroxyl groups is 1. The van der Waals surface area contributed by atoms with Crippen LogP contribution in [0.3, 0.4) is 0 Å². The SMILES string of the molecule is O=C(CO)N/N=C\c1c2ccccc2cc2ccccc12. The Bertz CT molecular complexity index is 786. The fourth-order valence-corrected chi connectivity index (χ4v) is 2.39. The van der Waals surface area contributed by atoms with Crippen molar-refractivity contribution in [3.8, 4) is 0 Å². The Balaban J connectivity index is 2.18. The molecule has 0 spiro atoms. The Kier molecular flexibility index (Phi) is 3.62. The first-order valence-corrected chi connectivity index (χ1v) is 6.63. The maximum atomic E-state index is 11.1. The van der Waals surface area contributed by atoms with Crippen LogP contribution in [0.25, 0.3) is 21.5 Å². The van der Waals surface area contributed by atoms with E-state index in [2.05, 4.69) is 16.6 Å². The summed E-state index contributed by atoms with van der Waals surface area (Å²) in [5.74, 6) is -0.532. The molecule has 3 aromatic carbocycles. The molecule has 0 aliphatic carbocycles. The lowest BCUT2D eigenvalue weighted by Gasteiger charge is -2.07. The first-order chi connectivity index (χ1) is 10.3. The normalized spacial score (nSPS) is 11.3. The first-order valence-electron chi connectivity index (χ1n) is 6.63. The highest BCUT2D eigenvalue weighted by Gasteiger charge is 2.05. The Labute approximate surface area is 121 Å². The van der Waals surface area contributed by atoms with Crippen molar-refractivity contribution < 1.29 is 9.90 Å². The van der Waals surface area contributed by atoms with Gasteiger partial charge in [-0.25, -0.2) is 5.43 Å². The van der Waals surface area contributed by atoms with Gasteiger partial charge in [0.25, 0.3) is 5.91 Å². The average Bonchev–Trinajstić information content (AvgIpc) is 2.54. The van der Waals surface area contributed by atoms with Gasteiger partial charge in [-0.3, -0.25) is 4.79 Å². The summed E-state index contributed by atoms with van der Waals surface area (Å²) >= 11 is 0.